The first kappa shape index (κ1) is 19.2. The van der Waals surface area contributed by atoms with Gasteiger partial charge in [0.2, 0.25) is 0 Å². The van der Waals surface area contributed by atoms with Gasteiger partial charge >= 0.3 is 12.1 Å². The number of rotatable bonds is 5. The van der Waals surface area contributed by atoms with Crippen molar-refractivity contribution in [2.24, 2.45) is 0 Å². The minimum atomic E-state index is -4.51. The second-order valence-electron chi connectivity index (χ2n) is 5.87. The molecule has 1 aromatic rings. The summed E-state index contributed by atoms with van der Waals surface area (Å²) < 4.78 is 42.7. The predicted octanol–water partition coefficient (Wildman–Crippen LogP) is 3.15. The van der Waals surface area contributed by atoms with Gasteiger partial charge in [0.1, 0.15) is 6.61 Å². The van der Waals surface area contributed by atoms with Crippen molar-refractivity contribution in [3.63, 3.8) is 0 Å². The van der Waals surface area contributed by atoms with Crippen LogP contribution in [0.15, 0.2) is 48.1 Å². The van der Waals surface area contributed by atoms with Crippen LogP contribution < -0.4 is 5.32 Å². The van der Waals surface area contributed by atoms with Gasteiger partial charge in [0.05, 0.1) is 11.6 Å². The van der Waals surface area contributed by atoms with Crippen molar-refractivity contribution in [1.82, 2.24) is 5.32 Å². The van der Waals surface area contributed by atoms with Crippen molar-refractivity contribution in [1.29, 1.82) is 5.26 Å². The Morgan fingerprint density at radius 2 is 1.92 bits per heavy atom. The molecule has 1 aliphatic rings. The van der Waals surface area contributed by atoms with Gasteiger partial charge in [-0.05, 0) is 37.6 Å². The van der Waals surface area contributed by atoms with E-state index in [0.29, 0.717) is 12.0 Å². The van der Waals surface area contributed by atoms with Crippen LogP contribution in [0.3, 0.4) is 0 Å². The molecule has 0 bridgehead atoms. The molecule has 1 amide bonds. The van der Waals surface area contributed by atoms with Gasteiger partial charge in [-0.2, -0.15) is 18.4 Å². The summed E-state index contributed by atoms with van der Waals surface area (Å²) in [5.74, 6) is -1.35. The zero-order chi connectivity index (χ0) is 19.4. The van der Waals surface area contributed by atoms with Crippen LogP contribution >= 0.6 is 0 Å². The van der Waals surface area contributed by atoms with E-state index in [9.17, 15) is 28.0 Å². The summed E-state index contributed by atoms with van der Waals surface area (Å²) in [4.78, 5) is 24.0. The summed E-state index contributed by atoms with van der Waals surface area (Å²) in [5.41, 5.74) is -2.03. The number of hydrogen-bond acceptors (Lipinski definition) is 4. The first-order chi connectivity index (χ1) is 12.1. The minimum absolute atomic E-state index is 0.0477. The SMILES string of the molecule is CC(C#N)(COC(=O)C1=CC=CC1)NC(=O)c1ccc(C(F)(F)F)cc1. The number of ether oxygens (including phenoxy) is 1. The number of alkyl halides is 3. The van der Waals surface area contributed by atoms with Crippen LogP contribution in [0.2, 0.25) is 0 Å². The quantitative estimate of drug-likeness (QED) is 0.814. The maximum atomic E-state index is 12.5. The van der Waals surface area contributed by atoms with E-state index in [-0.39, 0.29) is 5.56 Å². The molecule has 0 fully saturated rings. The molecular formula is C18H15F3N2O3. The van der Waals surface area contributed by atoms with E-state index in [2.05, 4.69) is 5.32 Å². The standard InChI is InChI=1S/C18H15F3N2O3/c1-17(10-22,11-26-16(25)13-4-2-3-5-13)23-15(24)12-6-8-14(9-7-12)18(19,20)21/h2-4,6-9H,5,11H2,1H3,(H,23,24). The maximum Gasteiger partial charge on any atom is 0.416 e. The average Bonchev–Trinajstić information content (AvgIpc) is 3.14. The average molecular weight is 364 g/mol. The Balaban J connectivity index is 2.00. The van der Waals surface area contributed by atoms with Crippen LogP contribution in [0.1, 0.15) is 29.3 Å². The van der Waals surface area contributed by atoms with Crippen molar-refractivity contribution in [3.8, 4) is 6.07 Å². The minimum Gasteiger partial charge on any atom is -0.459 e. The van der Waals surface area contributed by atoms with Gasteiger partial charge in [0.25, 0.3) is 5.91 Å². The summed E-state index contributed by atoms with van der Waals surface area (Å²) in [7, 11) is 0. The number of hydrogen-bond donors (Lipinski definition) is 1. The molecule has 0 saturated carbocycles. The molecule has 5 nitrogen and oxygen atoms in total. The van der Waals surface area contributed by atoms with E-state index in [1.807, 2.05) is 6.07 Å². The molecule has 1 atom stereocenters. The fraction of sp³-hybridized carbons (Fsp3) is 0.278. The van der Waals surface area contributed by atoms with E-state index in [4.69, 9.17) is 4.74 Å². The van der Waals surface area contributed by atoms with Gasteiger partial charge in [-0.15, -0.1) is 0 Å². The number of nitriles is 1. The lowest BCUT2D eigenvalue weighted by Gasteiger charge is -2.23. The number of carbonyl (C=O) groups is 2. The summed E-state index contributed by atoms with van der Waals surface area (Å²) in [6.07, 6.45) is 0.986. The molecule has 0 heterocycles. The van der Waals surface area contributed by atoms with Crippen molar-refractivity contribution < 1.29 is 27.5 Å². The Hall–Kier alpha value is -3.08. The third-order valence-electron chi connectivity index (χ3n) is 3.64. The smallest absolute Gasteiger partial charge is 0.416 e. The Labute approximate surface area is 147 Å². The number of allylic oxidation sites excluding steroid dienone is 3. The summed E-state index contributed by atoms with van der Waals surface area (Å²) in [5, 5.41) is 11.6. The van der Waals surface area contributed by atoms with Gasteiger partial charge in [-0.3, -0.25) is 4.79 Å². The highest BCUT2D eigenvalue weighted by molar-refractivity contribution is 5.95. The van der Waals surface area contributed by atoms with E-state index < -0.39 is 35.8 Å². The van der Waals surface area contributed by atoms with Crippen molar-refractivity contribution in [2.45, 2.75) is 25.1 Å². The van der Waals surface area contributed by atoms with Crippen molar-refractivity contribution in [2.75, 3.05) is 6.61 Å². The van der Waals surface area contributed by atoms with Gasteiger partial charge < -0.3 is 10.1 Å². The normalized spacial score (nSPS) is 15.6. The first-order valence-electron chi connectivity index (χ1n) is 7.58. The van der Waals surface area contributed by atoms with Crippen LogP contribution in [0, 0.1) is 11.3 Å². The molecule has 0 aromatic heterocycles. The molecule has 0 saturated heterocycles. The highest BCUT2D eigenvalue weighted by Crippen LogP contribution is 2.29. The molecule has 1 unspecified atom stereocenters. The van der Waals surface area contributed by atoms with Gasteiger partial charge in [-0.25, -0.2) is 4.79 Å². The zero-order valence-corrected chi connectivity index (χ0v) is 13.8. The molecule has 1 aliphatic carbocycles. The van der Waals surface area contributed by atoms with Crippen LogP contribution in [0.5, 0.6) is 0 Å². The van der Waals surface area contributed by atoms with Crippen molar-refractivity contribution in [3.05, 3.63) is 59.2 Å². The van der Waals surface area contributed by atoms with E-state index in [1.165, 1.54) is 6.92 Å². The summed E-state index contributed by atoms with van der Waals surface area (Å²) in [6, 6.07) is 5.41. The lowest BCUT2D eigenvalue weighted by Crippen LogP contribution is -2.48. The third kappa shape index (κ3) is 4.72. The van der Waals surface area contributed by atoms with Crippen LogP contribution in [-0.4, -0.2) is 24.0 Å². The molecule has 136 valence electrons. The van der Waals surface area contributed by atoms with E-state index in [0.717, 1.165) is 24.3 Å². The Bertz CT molecular complexity index is 804. The molecule has 26 heavy (non-hydrogen) atoms. The number of nitrogens with zero attached hydrogens (tertiary/aromatic N) is 1. The molecule has 2 rings (SSSR count). The highest BCUT2D eigenvalue weighted by Gasteiger charge is 2.32. The highest BCUT2D eigenvalue weighted by atomic mass is 19.4. The fourth-order valence-corrected chi connectivity index (χ4v) is 2.13. The van der Waals surface area contributed by atoms with E-state index in [1.54, 1.807) is 18.2 Å². The molecule has 0 radical (unpaired) electrons. The maximum absolute atomic E-state index is 12.5. The van der Waals surface area contributed by atoms with Gasteiger partial charge in [0, 0.05) is 11.1 Å². The second-order valence-corrected chi connectivity index (χ2v) is 5.87. The van der Waals surface area contributed by atoms with Gasteiger partial charge in [0.15, 0.2) is 5.54 Å². The topological polar surface area (TPSA) is 79.2 Å². The second kappa shape index (κ2) is 7.44. The lowest BCUT2D eigenvalue weighted by atomic mass is 10.0. The number of benzene rings is 1. The number of esters is 1. The molecule has 0 spiro atoms. The Morgan fingerprint density at radius 1 is 1.27 bits per heavy atom. The summed E-state index contributed by atoms with van der Waals surface area (Å²) >= 11 is 0. The largest absolute Gasteiger partial charge is 0.459 e. The Kier molecular flexibility index (Phi) is 5.50. The third-order valence-corrected chi connectivity index (χ3v) is 3.64. The molecule has 1 N–H and O–H groups in total. The number of nitrogens with one attached hydrogen (secondary N) is 1. The molecular weight excluding hydrogens is 349 g/mol. The van der Waals surface area contributed by atoms with Crippen molar-refractivity contribution >= 4 is 11.9 Å². The van der Waals surface area contributed by atoms with Crippen LogP contribution in [-0.2, 0) is 15.7 Å². The Morgan fingerprint density at radius 3 is 2.42 bits per heavy atom. The van der Waals surface area contributed by atoms with Gasteiger partial charge in [-0.1, -0.05) is 18.2 Å². The molecule has 1 aromatic carbocycles. The monoisotopic (exact) mass is 364 g/mol. The molecule has 0 aliphatic heterocycles. The zero-order valence-electron chi connectivity index (χ0n) is 13.8. The fourth-order valence-electron chi connectivity index (χ4n) is 2.13. The molecule has 8 heteroatoms. The van der Waals surface area contributed by atoms with E-state index >= 15 is 0 Å². The lowest BCUT2D eigenvalue weighted by molar-refractivity contribution is -0.140. The van der Waals surface area contributed by atoms with Crippen LogP contribution in [0.4, 0.5) is 13.2 Å². The predicted molar refractivity (Wildman–Crippen MR) is 85.7 cm³/mol. The summed E-state index contributed by atoms with van der Waals surface area (Å²) in [6.45, 7) is 0.954. The number of carbonyl (C=O) groups excluding carboxylic acids is 2. The van der Waals surface area contributed by atoms with Crippen LogP contribution in [0.25, 0.3) is 0 Å². The first-order valence-corrected chi connectivity index (χ1v) is 7.58. The number of halogens is 3. The number of amides is 1.